The number of imide groups is 1. The molecule has 1 aromatic heterocycles. The van der Waals surface area contributed by atoms with Crippen molar-refractivity contribution in [2.45, 2.75) is 0 Å². The molecule has 1 fully saturated rings. The highest BCUT2D eigenvalue weighted by Gasteiger charge is 2.39. The van der Waals surface area contributed by atoms with E-state index in [4.69, 9.17) is 4.74 Å². The molecule has 1 N–H and O–H groups in total. The summed E-state index contributed by atoms with van der Waals surface area (Å²) in [5.74, 6) is -1.12. The van der Waals surface area contributed by atoms with Gasteiger partial charge in [-0.3, -0.25) is 19.4 Å². The number of morpholine rings is 1. The van der Waals surface area contributed by atoms with Gasteiger partial charge < -0.3 is 10.1 Å². The van der Waals surface area contributed by atoms with Gasteiger partial charge >= 0.3 is 0 Å². The van der Waals surface area contributed by atoms with Gasteiger partial charge in [-0.2, -0.15) is 0 Å². The Morgan fingerprint density at radius 1 is 1.07 bits per heavy atom. The largest absolute Gasteiger partial charge is 0.379 e. The van der Waals surface area contributed by atoms with Crippen LogP contribution in [0.1, 0.15) is 4.88 Å². The standard InChI is InChI=1S/C20H20FN3O3S/c21-14-3-1-4-15(13-14)22-18-17(16-5-2-12-28-16)19(25)24(20(18)26)7-6-23-8-10-27-11-9-23/h1-5,12-13,22H,6-11H2. The minimum absolute atomic E-state index is 0.194. The molecule has 3 heterocycles. The lowest BCUT2D eigenvalue weighted by atomic mass is 10.2. The topological polar surface area (TPSA) is 61.9 Å². The van der Waals surface area contributed by atoms with Crippen LogP contribution in [0, 0.1) is 5.82 Å². The number of rotatable bonds is 6. The molecule has 0 aliphatic carbocycles. The molecule has 2 aliphatic heterocycles. The Bertz CT molecular complexity index is 907. The van der Waals surface area contributed by atoms with Gasteiger partial charge in [-0.1, -0.05) is 12.1 Å². The van der Waals surface area contributed by atoms with Crippen LogP contribution in [0.5, 0.6) is 0 Å². The summed E-state index contributed by atoms with van der Waals surface area (Å²) in [5, 5.41) is 4.83. The molecule has 0 atom stereocenters. The minimum Gasteiger partial charge on any atom is -0.379 e. The Morgan fingerprint density at radius 2 is 1.89 bits per heavy atom. The van der Waals surface area contributed by atoms with E-state index in [2.05, 4.69) is 10.2 Å². The number of halogens is 1. The predicted octanol–water partition coefficient (Wildman–Crippen LogP) is 2.41. The first-order chi connectivity index (χ1) is 13.6. The van der Waals surface area contributed by atoms with E-state index in [0.717, 1.165) is 13.1 Å². The summed E-state index contributed by atoms with van der Waals surface area (Å²) in [6, 6.07) is 9.49. The third-order valence-corrected chi connectivity index (χ3v) is 5.66. The normalized spacial score (nSPS) is 18.2. The fourth-order valence-corrected chi connectivity index (χ4v) is 4.09. The number of thiophene rings is 1. The Labute approximate surface area is 166 Å². The number of carbonyl (C=O) groups excluding carboxylic acids is 2. The number of anilines is 1. The molecule has 4 rings (SSSR count). The molecule has 2 aromatic rings. The number of carbonyl (C=O) groups is 2. The number of nitrogens with one attached hydrogen (secondary N) is 1. The Morgan fingerprint density at radius 3 is 2.61 bits per heavy atom. The number of hydrogen-bond acceptors (Lipinski definition) is 6. The van der Waals surface area contributed by atoms with Crippen molar-refractivity contribution in [3.63, 3.8) is 0 Å². The lowest BCUT2D eigenvalue weighted by molar-refractivity contribution is -0.137. The lowest BCUT2D eigenvalue weighted by Crippen LogP contribution is -2.43. The number of ether oxygens (including phenoxy) is 1. The SMILES string of the molecule is O=C1C(Nc2cccc(F)c2)=C(c2cccs2)C(=O)N1CCN1CCOCC1. The third kappa shape index (κ3) is 3.84. The van der Waals surface area contributed by atoms with E-state index in [1.165, 1.54) is 28.4 Å². The average molecular weight is 401 g/mol. The van der Waals surface area contributed by atoms with Crippen molar-refractivity contribution in [2.24, 2.45) is 0 Å². The smallest absolute Gasteiger partial charge is 0.278 e. The van der Waals surface area contributed by atoms with Crippen molar-refractivity contribution in [2.75, 3.05) is 44.7 Å². The first kappa shape index (κ1) is 18.8. The lowest BCUT2D eigenvalue weighted by Gasteiger charge is -2.28. The first-order valence-corrected chi connectivity index (χ1v) is 9.98. The number of benzene rings is 1. The second-order valence-corrected chi connectivity index (χ2v) is 7.53. The fraction of sp³-hybridized carbons (Fsp3) is 0.300. The molecular weight excluding hydrogens is 381 g/mol. The van der Waals surface area contributed by atoms with Gasteiger partial charge in [0.25, 0.3) is 11.8 Å². The Balaban J connectivity index is 1.58. The first-order valence-electron chi connectivity index (χ1n) is 9.10. The second-order valence-electron chi connectivity index (χ2n) is 6.58. The van der Waals surface area contributed by atoms with Crippen molar-refractivity contribution in [1.29, 1.82) is 0 Å². The zero-order chi connectivity index (χ0) is 19.5. The van der Waals surface area contributed by atoms with Gasteiger partial charge in [-0.05, 0) is 29.6 Å². The molecule has 2 aliphatic rings. The van der Waals surface area contributed by atoms with Crippen LogP contribution in [-0.4, -0.2) is 61.0 Å². The van der Waals surface area contributed by atoms with Gasteiger partial charge in [-0.25, -0.2) is 4.39 Å². The molecule has 1 aromatic carbocycles. The second kappa shape index (κ2) is 8.22. The van der Waals surface area contributed by atoms with Crippen LogP contribution >= 0.6 is 11.3 Å². The van der Waals surface area contributed by atoms with Gasteiger partial charge in [0, 0.05) is 36.7 Å². The molecule has 0 unspecified atom stereocenters. The highest BCUT2D eigenvalue weighted by molar-refractivity contribution is 7.11. The summed E-state index contributed by atoms with van der Waals surface area (Å²) in [7, 11) is 0. The number of nitrogens with zero attached hydrogens (tertiary/aromatic N) is 2. The van der Waals surface area contributed by atoms with Gasteiger partial charge in [0.1, 0.15) is 11.5 Å². The molecule has 2 amide bonds. The quantitative estimate of drug-likeness (QED) is 0.754. The molecule has 0 bridgehead atoms. The van der Waals surface area contributed by atoms with E-state index in [1.807, 2.05) is 17.5 Å². The van der Waals surface area contributed by atoms with Gasteiger partial charge in [-0.15, -0.1) is 11.3 Å². The van der Waals surface area contributed by atoms with Gasteiger partial charge in [0.2, 0.25) is 0 Å². The fourth-order valence-electron chi connectivity index (χ4n) is 3.32. The van der Waals surface area contributed by atoms with Crippen LogP contribution in [0.25, 0.3) is 5.57 Å². The van der Waals surface area contributed by atoms with E-state index < -0.39 is 5.82 Å². The maximum atomic E-state index is 13.6. The van der Waals surface area contributed by atoms with E-state index in [1.54, 1.807) is 12.1 Å². The van der Waals surface area contributed by atoms with E-state index >= 15 is 0 Å². The van der Waals surface area contributed by atoms with Crippen molar-refractivity contribution in [3.8, 4) is 0 Å². The molecular formula is C20H20FN3O3S. The molecule has 8 heteroatoms. The minimum atomic E-state index is -0.413. The van der Waals surface area contributed by atoms with Crippen LogP contribution in [0.2, 0.25) is 0 Å². The number of amides is 2. The van der Waals surface area contributed by atoms with Crippen molar-refractivity contribution < 1.29 is 18.7 Å². The molecule has 0 radical (unpaired) electrons. The Hall–Kier alpha value is -2.55. The average Bonchev–Trinajstić information content (AvgIpc) is 3.29. The zero-order valence-corrected chi connectivity index (χ0v) is 16.0. The zero-order valence-electron chi connectivity index (χ0n) is 15.2. The number of hydrogen-bond donors (Lipinski definition) is 1. The molecule has 146 valence electrons. The van der Waals surface area contributed by atoms with Crippen LogP contribution in [0.4, 0.5) is 10.1 Å². The monoisotopic (exact) mass is 401 g/mol. The highest BCUT2D eigenvalue weighted by atomic mass is 32.1. The summed E-state index contributed by atoms with van der Waals surface area (Å²) < 4.78 is 18.9. The molecule has 0 spiro atoms. The van der Waals surface area contributed by atoms with Crippen LogP contribution in [0.3, 0.4) is 0 Å². The summed E-state index contributed by atoms with van der Waals surface area (Å²) >= 11 is 1.39. The van der Waals surface area contributed by atoms with E-state index in [0.29, 0.717) is 42.4 Å². The third-order valence-electron chi connectivity index (χ3n) is 4.77. The molecule has 1 saturated heterocycles. The van der Waals surface area contributed by atoms with Crippen molar-refractivity contribution >= 4 is 34.4 Å². The van der Waals surface area contributed by atoms with Crippen LogP contribution in [0.15, 0.2) is 47.5 Å². The predicted molar refractivity (Wildman–Crippen MR) is 105 cm³/mol. The van der Waals surface area contributed by atoms with Crippen LogP contribution in [-0.2, 0) is 14.3 Å². The van der Waals surface area contributed by atoms with Gasteiger partial charge in [0.05, 0.1) is 18.8 Å². The summed E-state index contributed by atoms with van der Waals surface area (Å²) in [5.41, 5.74) is 0.964. The van der Waals surface area contributed by atoms with E-state index in [9.17, 15) is 14.0 Å². The van der Waals surface area contributed by atoms with Crippen molar-refractivity contribution in [1.82, 2.24) is 9.80 Å². The molecule has 28 heavy (non-hydrogen) atoms. The van der Waals surface area contributed by atoms with E-state index in [-0.39, 0.29) is 17.5 Å². The van der Waals surface area contributed by atoms with Gasteiger partial charge in [0.15, 0.2) is 0 Å². The van der Waals surface area contributed by atoms with Crippen LogP contribution < -0.4 is 5.32 Å². The molecule has 6 nitrogen and oxygen atoms in total. The highest BCUT2D eigenvalue weighted by Crippen LogP contribution is 2.32. The molecule has 0 saturated carbocycles. The Kier molecular flexibility index (Phi) is 5.52. The van der Waals surface area contributed by atoms with Crippen molar-refractivity contribution in [3.05, 3.63) is 58.2 Å². The maximum Gasteiger partial charge on any atom is 0.278 e. The summed E-state index contributed by atoms with van der Waals surface area (Å²) in [6.45, 7) is 3.80. The maximum absolute atomic E-state index is 13.6. The summed E-state index contributed by atoms with van der Waals surface area (Å²) in [4.78, 5) is 30.2. The summed E-state index contributed by atoms with van der Waals surface area (Å²) in [6.07, 6.45) is 0.